The van der Waals surface area contributed by atoms with Crippen molar-refractivity contribution in [2.24, 2.45) is 0 Å². The van der Waals surface area contributed by atoms with Gasteiger partial charge in [-0.1, -0.05) is 17.7 Å². The summed E-state index contributed by atoms with van der Waals surface area (Å²) in [4.78, 5) is 4.12. The lowest BCUT2D eigenvalue weighted by Gasteiger charge is -1.92. The van der Waals surface area contributed by atoms with Crippen molar-refractivity contribution in [1.82, 2.24) is 9.38 Å². The maximum absolute atomic E-state index is 5.85. The molecule has 0 saturated carbocycles. The van der Waals surface area contributed by atoms with Gasteiger partial charge >= 0.3 is 0 Å². The third-order valence-electron chi connectivity index (χ3n) is 1.68. The predicted molar refractivity (Wildman–Crippen MR) is 44.9 cm³/mol. The topological polar surface area (TPSA) is 17.3 Å². The zero-order valence-electron chi connectivity index (χ0n) is 6.08. The molecule has 2 aromatic rings. The highest BCUT2D eigenvalue weighted by molar-refractivity contribution is 6.32. The first kappa shape index (κ1) is 6.68. The van der Waals surface area contributed by atoms with Crippen molar-refractivity contribution in [2.45, 2.75) is 6.92 Å². The van der Waals surface area contributed by atoms with Crippen LogP contribution < -0.4 is 0 Å². The summed E-state index contributed by atoms with van der Waals surface area (Å²) in [6, 6.07) is 5.85. The Balaban J connectivity index is 2.95. The second kappa shape index (κ2) is 2.24. The van der Waals surface area contributed by atoms with Crippen LogP contribution in [0, 0.1) is 6.92 Å². The van der Waals surface area contributed by atoms with Crippen molar-refractivity contribution in [3.05, 3.63) is 35.4 Å². The Labute approximate surface area is 69.4 Å². The van der Waals surface area contributed by atoms with Gasteiger partial charge in [-0.25, -0.2) is 4.98 Å². The molecule has 2 rings (SSSR count). The van der Waals surface area contributed by atoms with Crippen molar-refractivity contribution in [3.8, 4) is 0 Å². The van der Waals surface area contributed by atoms with E-state index in [9.17, 15) is 0 Å². The summed E-state index contributed by atoms with van der Waals surface area (Å²) in [5.74, 6) is 0.922. The van der Waals surface area contributed by atoms with Crippen molar-refractivity contribution in [2.75, 3.05) is 0 Å². The van der Waals surface area contributed by atoms with Crippen molar-refractivity contribution < 1.29 is 0 Å². The quantitative estimate of drug-likeness (QED) is 0.587. The van der Waals surface area contributed by atoms with E-state index in [1.165, 1.54) is 0 Å². The van der Waals surface area contributed by atoms with E-state index in [2.05, 4.69) is 4.98 Å². The Morgan fingerprint density at radius 1 is 1.45 bits per heavy atom. The molecule has 0 fully saturated rings. The van der Waals surface area contributed by atoms with Crippen LogP contribution >= 0.6 is 11.6 Å². The Morgan fingerprint density at radius 2 is 2.27 bits per heavy atom. The number of nitrogens with zero attached hydrogens (tertiary/aromatic N) is 2. The Morgan fingerprint density at radius 3 is 3.00 bits per heavy atom. The third-order valence-corrected chi connectivity index (χ3v) is 1.96. The fourth-order valence-corrected chi connectivity index (χ4v) is 1.42. The molecule has 2 heterocycles. The number of pyridine rings is 1. The maximum atomic E-state index is 5.85. The molecule has 0 N–H and O–H groups in total. The SMILES string of the molecule is Cc1nc(Cl)c2ccccn12. The molecule has 0 spiro atoms. The lowest BCUT2D eigenvalue weighted by molar-refractivity contribution is 1.04. The van der Waals surface area contributed by atoms with Crippen LogP contribution in [0.2, 0.25) is 5.15 Å². The minimum atomic E-state index is 0.572. The average Bonchev–Trinajstić information content (AvgIpc) is 2.30. The lowest BCUT2D eigenvalue weighted by Crippen LogP contribution is -1.84. The molecular weight excluding hydrogens is 160 g/mol. The van der Waals surface area contributed by atoms with Gasteiger partial charge in [0.2, 0.25) is 0 Å². The molecule has 0 aliphatic rings. The number of aryl methyl sites for hydroxylation is 1. The van der Waals surface area contributed by atoms with E-state index in [0.29, 0.717) is 5.15 Å². The number of halogens is 1. The fourth-order valence-electron chi connectivity index (χ4n) is 1.15. The molecule has 0 radical (unpaired) electrons. The summed E-state index contributed by atoms with van der Waals surface area (Å²) >= 11 is 5.85. The van der Waals surface area contributed by atoms with Gasteiger partial charge in [0.15, 0.2) is 5.15 Å². The van der Waals surface area contributed by atoms with Crippen LogP contribution in [0.5, 0.6) is 0 Å². The molecule has 0 amide bonds. The number of hydrogen-bond donors (Lipinski definition) is 0. The largest absolute Gasteiger partial charge is 0.302 e. The van der Waals surface area contributed by atoms with Crippen molar-refractivity contribution >= 4 is 17.1 Å². The zero-order chi connectivity index (χ0) is 7.84. The van der Waals surface area contributed by atoms with Gasteiger partial charge in [-0.15, -0.1) is 0 Å². The number of rotatable bonds is 0. The van der Waals surface area contributed by atoms with E-state index in [0.717, 1.165) is 11.3 Å². The van der Waals surface area contributed by atoms with Crippen LogP contribution in [0.3, 0.4) is 0 Å². The lowest BCUT2D eigenvalue weighted by atomic mass is 10.4. The first-order valence-electron chi connectivity index (χ1n) is 3.38. The number of hydrogen-bond acceptors (Lipinski definition) is 1. The van der Waals surface area contributed by atoms with Gasteiger partial charge in [-0.3, -0.25) is 0 Å². The molecule has 0 atom stereocenters. The summed E-state index contributed by atoms with van der Waals surface area (Å²) in [6.07, 6.45) is 1.95. The molecule has 3 heteroatoms. The molecule has 0 saturated heterocycles. The first-order chi connectivity index (χ1) is 5.29. The van der Waals surface area contributed by atoms with Crippen LogP contribution in [0.15, 0.2) is 24.4 Å². The van der Waals surface area contributed by atoms with Gasteiger partial charge in [0.25, 0.3) is 0 Å². The maximum Gasteiger partial charge on any atom is 0.155 e. The second-order valence-electron chi connectivity index (χ2n) is 2.41. The highest BCUT2D eigenvalue weighted by atomic mass is 35.5. The van der Waals surface area contributed by atoms with Gasteiger partial charge in [0.05, 0.1) is 5.52 Å². The second-order valence-corrected chi connectivity index (χ2v) is 2.76. The van der Waals surface area contributed by atoms with Crippen LogP contribution in [-0.4, -0.2) is 9.38 Å². The van der Waals surface area contributed by atoms with E-state index in [4.69, 9.17) is 11.6 Å². The molecule has 2 aromatic heterocycles. The van der Waals surface area contributed by atoms with E-state index >= 15 is 0 Å². The van der Waals surface area contributed by atoms with Gasteiger partial charge in [0, 0.05) is 6.20 Å². The predicted octanol–water partition coefficient (Wildman–Crippen LogP) is 2.30. The highest BCUT2D eigenvalue weighted by Gasteiger charge is 2.02. The third kappa shape index (κ3) is 0.906. The average molecular weight is 167 g/mol. The smallest absolute Gasteiger partial charge is 0.155 e. The number of imidazole rings is 1. The molecule has 0 bridgehead atoms. The molecular formula is C8H7ClN2. The standard InChI is InChI=1S/C8H7ClN2/c1-6-10-8(9)7-4-2-3-5-11(6)7/h2-5H,1H3. The fraction of sp³-hybridized carbons (Fsp3) is 0.125. The molecule has 11 heavy (non-hydrogen) atoms. The summed E-state index contributed by atoms with van der Waals surface area (Å²) in [5, 5.41) is 0.572. The minimum Gasteiger partial charge on any atom is -0.302 e. The van der Waals surface area contributed by atoms with E-state index in [1.807, 2.05) is 35.7 Å². The Kier molecular flexibility index (Phi) is 1.36. The Bertz CT molecular complexity index is 356. The number of aromatic nitrogens is 2. The van der Waals surface area contributed by atoms with Crippen LogP contribution in [0.1, 0.15) is 5.82 Å². The summed E-state index contributed by atoms with van der Waals surface area (Å²) < 4.78 is 1.96. The summed E-state index contributed by atoms with van der Waals surface area (Å²) in [6.45, 7) is 1.93. The summed E-state index contributed by atoms with van der Waals surface area (Å²) in [7, 11) is 0. The van der Waals surface area contributed by atoms with Gasteiger partial charge in [-0.2, -0.15) is 0 Å². The summed E-state index contributed by atoms with van der Waals surface area (Å²) in [5.41, 5.74) is 0.965. The first-order valence-corrected chi connectivity index (χ1v) is 3.76. The molecule has 0 aliphatic heterocycles. The van der Waals surface area contributed by atoms with Crippen LogP contribution in [-0.2, 0) is 0 Å². The molecule has 0 unspecified atom stereocenters. The van der Waals surface area contributed by atoms with Gasteiger partial charge in [-0.05, 0) is 19.1 Å². The monoisotopic (exact) mass is 166 g/mol. The van der Waals surface area contributed by atoms with E-state index in [1.54, 1.807) is 0 Å². The van der Waals surface area contributed by atoms with Gasteiger partial charge < -0.3 is 4.40 Å². The van der Waals surface area contributed by atoms with E-state index in [-0.39, 0.29) is 0 Å². The van der Waals surface area contributed by atoms with Gasteiger partial charge in [0.1, 0.15) is 5.82 Å². The van der Waals surface area contributed by atoms with Crippen molar-refractivity contribution in [3.63, 3.8) is 0 Å². The number of fused-ring (bicyclic) bond motifs is 1. The molecule has 0 aromatic carbocycles. The molecule has 0 aliphatic carbocycles. The molecule has 2 nitrogen and oxygen atoms in total. The van der Waals surface area contributed by atoms with Crippen molar-refractivity contribution in [1.29, 1.82) is 0 Å². The molecule has 56 valence electrons. The van der Waals surface area contributed by atoms with Crippen LogP contribution in [0.4, 0.5) is 0 Å². The minimum absolute atomic E-state index is 0.572. The zero-order valence-corrected chi connectivity index (χ0v) is 6.84. The van der Waals surface area contributed by atoms with Crippen LogP contribution in [0.25, 0.3) is 5.52 Å². The normalized spacial score (nSPS) is 10.7. The highest BCUT2D eigenvalue weighted by Crippen LogP contribution is 2.16. The van der Waals surface area contributed by atoms with E-state index < -0.39 is 0 Å². The Hall–Kier alpha value is -1.02.